The van der Waals surface area contributed by atoms with Gasteiger partial charge in [-0.25, -0.2) is 4.79 Å². The molecule has 154 valence electrons. The Morgan fingerprint density at radius 3 is 2.40 bits per heavy atom. The van der Waals surface area contributed by atoms with Crippen molar-refractivity contribution in [1.82, 2.24) is 5.32 Å². The average Bonchev–Trinajstić information content (AvgIpc) is 3.28. The number of benzene rings is 2. The summed E-state index contributed by atoms with van der Waals surface area (Å²) in [4.78, 5) is 36.8. The van der Waals surface area contributed by atoms with Crippen LogP contribution in [0.2, 0.25) is 0 Å². The first kappa shape index (κ1) is 20.9. The van der Waals surface area contributed by atoms with Gasteiger partial charge in [-0.1, -0.05) is 42.5 Å². The van der Waals surface area contributed by atoms with E-state index in [-0.39, 0.29) is 23.9 Å². The molecule has 0 aliphatic rings. The molecule has 2 N–H and O–H groups in total. The van der Waals surface area contributed by atoms with Gasteiger partial charge in [0.15, 0.2) is 6.61 Å². The number of carbonyl (C=O) groups excluding carboxylic acids is 3. The Hall–Kier alpha value is -3.87. The van der Waals surface area contributed by atoms with Crippen molar-refractivity contribution in [3.05, 3.63) is 89.9 Å². The lowest BCUT2D eigenvalue weighted by Crippen LogP contribution is -2.31. The van der Waals surface area contributed by atoms with Crippen LogP contribution in [-0.2, 0) is 20.7 Å². The Morgan fingerprint density at radius 2 is 1.67 bits per heavy atom. The highest BCUT2D eigenvalue weighted by molar-refractivity contribution is 6.02. The van der Waals surface area contributed by atoms with E-state index in [0.29, 0.717) is 11.4 Å². The van der Waals surface area contributed by atoms with Crippen molar-refractivity contribution < 1.29 is 23.5 Å². The van der Waals surface area contributed by atoms with E-state index in [2.05, 4.69) is 10.6 Å². The number of furan rings is 1. The quantitative estimate of drug-likeness (QED) is 0.558. The number of rotatable bonds is 8. The molecule has 0 aliphatic carbocycles. The fraction of sp³-hybridized carbons (Fsp3) is 0.174. The number of amides is 2. The van der Waals surface area contributed by atoms with Gasteiger partial charge in [-0.3, -0.25) is 9.59 Å². The predicted octanol–water partition coefficient (Wildman–Crippen LogP) is 3.50. The molecule has 3 rings (SSSR count). The first-order valence-electron chi connectivity index (χ1n) is 9.45. The van der Waals surface area contributed by atoms with E-state index in [0.717, 1.165) is 5.56 Å². The fourth-order valence-electron chi connectivity index (χ4n) is 2.85. The zero-order valence-corrected chi connectivity index (χ0v) is 16.5. The van der Waals surface area contributed by atoms with Crippen LogP contribution in [0.1, 0.15) is 34.6 Å². The molecular formula is C23H22N2O5. The van der Waals surface area contributed by atoms with Crippen LogP contribution in [0.25, 0.3) is 0 Å². The smallest absolute Gasteiger partial charge is 0.340 e. The second-order valence-electron chi connectivity index (χ2n) is 6.64. The second kappa shape index (κ2) is 10.1. The molecule has 3 aromatic rings. The number of nitrogens with one attached hydrogen (secondary N) is 2. The number of para-hydroxylation sites is 1. The van der Waals surface area contributed by atoms with Gasteiger partial charge in [-0.15, -0.1) is 0 Å². The standard InChI is InChI=1S/C23H22N2O5/c1-16(20-12-7-13-29-20)24-22(27)15-30-23(28)18-10-5-6-11-19(18)25-21(26)14-17-8-3-2-4-9-17/h2-13,16H,14-15H2,1H3,(H,24,27)(H,25,26)/t16-/m0/s1. The molecule has 0 saturated heterocycles. The third-order valence-electron chi connectivity index (χ3n) is 4.31. The van der Waals surface area contributed by atoms with Gasteiger partial charge in [0, 0.05) is 0 Å². The molecule has 0 spiro atoms. The summed E-state index contributed by atoms with van der Waals surface area (Å²) in [6.45, 7) is 1.31. The van der Waals surface area contributed by atoms with Crippen LogP contribution in [0.3, 0.4) is 0 Å². The maximum Gasteiger partial charge on any atom is 0.340 e. The van der Waals surface area contributed by atoms with E-state index in [1.54, 1.807) is 37.3 Å². The second-order valence-corrected chi connectivity index (χ2v) is 6.64. The summed E-state index contributed by atoms with van der Waals surface area (Å²) in [6.07, 6.45) is 1.69. The summed E-state index contributed by atoms with van der Waals surface area (Å²) in [5.41, 5.74) is 1.36. The summed E-state index contributed by atoms with van der Waals surface area (Å²) in [5.74, 6) is -0.822. The molecular weight excluding hydrogens is 384 g/mol. The summed E-state index contributed by atoms with van der Waals surface area (Å²) < 4.78 is 10.3. The molecule has 0 radical (unpaired) electrons. The SMILES string of the molecule is C[C@H](NC(=O)COC(=O)c1ccccc1NC(=O)Cc1ccccc1)c1ccco1. The van der Waals surface area contributed by atoms with Crippen LogP contribution in [0, 0.1) is 0 Å². The molecule has 0 saturated carbocycles. The Balaban J connectivity index is 1.55. The van der Waals surface area contributed by atoms with Crippen molar-refractivity contribution in [3.8, 4) is 0 Å². The van der Waals surface area contributed by atoms with E-state index in [9.17, 15) is 14.4 Å². The van der Waals surface area contributed by atoms with Gasteiger partial charge < -0.3 is 19.8 Å². The van der Waals surface area contributed by atoms with Gasteiger partial charge in [-0.05, 0) is 36.8 Å². The maximum atomic E-state index is 12.5. The summed E-state index contributed by atoms with van der Waals surface area (Å²) >= 11 is 0. The predicted molar refractivity (Wildman–Crippen MR) is 111 cm³/mol. The summed E-state index contributed by atoms with van der Waals surface area (Å²) in [6, 6.07) is 18.9. The van der Waals surface area contributed by atoms with Gasteiger partial charge in [0.25, 0.3) is 5.91 Å². The molecule has 1 aromatic heterocycles. The lowest BCUT2D eigenvalue weighted by molar-refractivity contribution is -0.125. The zero-order chi connectivity index (χ0) is 21.3. The van der Waals surface area contributed by atoms with Gasteiger partial charge in [-0.2, -0.15) is 0 Å². The number of hydrogen-bond acceptors (Lipinski definition) is 5. The fourth-order valence-corrected chi connectivity index (χ4v) is 2.85. The van der Waals surface area contributed by atoms with Crippen LogP contribution in [0.4, 0.5) is 5.69 Å². The molecule has 1 atom stereocenters. The minimum atomic E-state index is -0.702. The molecule has 2 aromatic carbocycles. The number of hydrogen-bond donors (Lipinski definition) is 2. The van der Waals surface area contributed by atoms with E-state index >= 15 is 0 Å². The molecule has 0 fully saturated rings. The monoisotopic (exact) mass is 406 g/mol. The highest BCUT2D eigenvalue weighted by atomic mass is 16.5. The molecule has 0 bridgehead atoms. The lowest BCUT2D eigenvalue weighted by Gasteiger charge is -2.13. The highest BCUT2D eigenvalue weighted by Crippen LogP contribution is 2.17. The number of anilines is 1. The first-order chi connectivity index (χ1) is 14.5. The van der Waals surface area contributed by atoms with E-state index < -0.39 is 18.5 Å². The average molecular weight is 406 g/mol. The number of ether oxygens (including phenoxy) is 1. The number of carbonyl (C=O) groups is 3. The molecule has 0 unspecified atom stereocenters. The van der Waals surface area contributed by atoms with Crippen molar-refractivity contribution in [2.45, 2.75) is 19.4 Å². The van der Waals surface area contributed by atoms with E-state index in [4.69, 9.17) is 9.15 Å². The first-order valence-corrected chi connectivity index (χ1v) is 9.45. The van der Waals surface area contributed by atoms with Gasteiger partial charge >= 0.3 is 5.97 Å². The van der Waals surface area contributed by atoms with Crippen molar-refractivity contribution in [3.63, 3.8) is 0 Å². The topological polar surface area (TPSA) is 97.6 Å². The molecule has 0 aliphatic heterocycles. The van der Waals surface area contributed by atoms with E-state index in [1.807, 2.05) is 30.3 Å². The third-order valence-corrected chi connectivity index (χ3v) is 4.31. The van der Waals surface area contributed by atoms with Crippen molar-refractivity contribution in [1.29, 1.82) is 0 Å². The molecule has 1 heterocycles. The Morgan fingerprint density at radius 1 is 0.933 bits per heavy atom. The van der Waals surface area contributed by atoms with Crippen molar-refractivity contribution in [2.24, 2.45) is 0 Å². The highest BCUT2D eigenvalue weighted by Gasteiger charge is 2.17. The Labute approximate surface area is 174 Å². The third kappa shape index (κ3) is 5.81. The number of esters is 1. The van der Waals surface area contributed by atoms with Gasteiger partial charge in [0.2, 0.25) is 5.91 Å². The van der Waals surface area contributed by atoms with E-state index in [1.165, 1.54) is 12.3 Å². The van der Waals surface area contributed by atoms with Crippen LogP contribution in [0.5, 0.6) is 0 Å². The van der Waals surface area contributed by atoms with Crippen molar-refractivity contribution >= 4 is 23.5 Å². The van der Waals surface area contributed by atoms with Crippen LogP contribution < -0.4 is 10.6 Å². The summed E-state index contributed by atoms with van der Waals surface area (Å²) in [7, 11) is 0. The largest absolute Gasteiger partial charge is 0.467 e. The molecule has 2 amide bonds. The van der Waals surface area contributed by atoms with Gasteiger partial charge in [0.1, 0.15) is 5.76 Å². The van der Waals surface area contributed by atoms with Gasteiger partial charge in [0.05, 0.1) is 30.0 Å². The normalized spacial score (nSPS) is 11.4. The Kier molecular flexibility index (Phi) is 7.00. The zero-order valence-electron chi connectivity index (χ0n) is 16.5. The van der Waals surface area contributed by atoms with Crippen LogP contribution in [-0.4, -0.2) is 24.4 Å². The summed E-state index contributed by atoms with van der Waals surface area (Å²) in [5, 5.41) is 5.41. The minimum Gasteiger partial charge on any atom is -0.467 e. The van der Waals surface area contributed by atoms with Crippen LogP contribution in [0.15, 0.2) is 77.4 Å². The minimum absolute atomic E-state index is 0.172. The molecule has 7 nitrogen and oxygen atoms in total. The lowest BCUT2D eigenvalue weighted by atomic mass is 10.1. The molecule has 30 heavy (non-hydrogen) atoms. The molecule has 7 heteroatoms. The van der Waals surface area contributed by atoms with Crippen molar-refractivity contribution in [2.75, 3.05) is 11.9 Å². The maximum absolute atomic E-state index is 12.5. The van der Waals surface area contributed by atoms with Crippen LogP contribution >= 0.6 is 0 Å². The Bertz CT molecular complexity index is 999.